The van der Waals surface area contributed by atoms with E-state index in [9.17, 15) is 9.59 Å². The number of ketones is 1. The van der Waals surface area contributed by atoms with E-state index in [1.165, 1.54) is 0 Å². The number of hydrogen-bond donors (Lipinski definition) is 1. The van der Waals surface area contributed by atoms with Gasteiger partial charge < -0.3 is 5.73 Å². The molecular weight excluding hydrogens is 368 g/mol. The molecular formula is C23H18N2O2S. The molecule has 28 heavy (non-hydrogen) atoms. The molecule has 0 aliphatic heterocycles. The summed E-state index contributed by atoms with van der Waals surface area (Å²) < 4.78 is 0. The van der Waals surface area contributed by atoms with Crippen LogP contribution in [-0.4, -0.2) is 11.7 Å². The van der Waals surface area contributed by atoms with Crippen LogP contribution in [0.1, 0.15) is 43.5 Å². The third kappa shape index (κ3) is 4.87. The quantitative estimate of drug-likeness (QED) is 0.468. The molecule has 0 saturated heterocycles. The largest absolute Gasteiger partial charge is 0.366 e. The molecule has 0 spiro atoms. The van der Waals surface area contributed by atoms with Gasteiger partial charge in [-0.2, -0.15) is 5.26 Å². The number of thioether (sulfide) groups is 1. The van der Waals surface area contributed by atoms with Crippen molar-refractivity contribution in [2.75, 3.05) is 0 Å². The van der Waals surface area contributed by atoms with E-state index in [-0.39, 0.29) is 17.5 Å². The van der Waals surface area contributed by atoms with Gasteiger partial charge in [-0.15, -0.1) is 11.8 Å². The molecule has 0 radical (unpaired) electrons. The van der Waals surface area contributed by atoms with E-state index in [0.29, 0.717) is 16.7 Å². The third-order valence-electron chi connectivity index (χ3n) is 4.27. The van der Waals surface area contributed by atoms with Gasteiger partial charge >= 0.3 is 0 Å². The smallest absolute Gasteiger partial charge is 0.248 e. The third-order valence-corrected chi connectivity index (χ3v) is 5.54. The lowest BCUT2D eigenvalue weighted by atomic mass is 10.00. The Morgan fingerprint density at radius 2 is 1.64 bits per heavy atom. The molecule has 0 aliphatic rings. The summed E-state index contributed by atoms with van der Waals surface area (Å²) in [6.07, 6.45) is 0.268. The fourth-order valence-corrected chi connectivity index (χ4v) is 3.97. The lowest BCUT2D eigenvalue weighted by Gasteiger charge is -2.17. The number of primary amides is 1. The molecule has 5 heteroatoms. The maximum Gasteiger partial charge on any atom is 0.248 e. The van der Waals surface area contributed by atoms with Crippen LogP contribution in [0.15, 0.2) is 83.8 Å². The average molecular weight is 386 g/mol. The van der Waals surface area contributed by atoms with Crippen LogP contribution in [-0.2, 0) is 0 Å². The molecule has 0 aliphatic carbocycles. The van der Waals surface area contributed by atoms with Crippen LogP contribution in [0.4, 0.5) is 0 Å². The number of carbonyl (C=O) groups excluding carboxylic acids is 2. The maximum atomic E-state index is 12.9. The van der Waals surface area contributed by atoms with Crippen LogP contribution >= 0.6 is 11.8 Å². The summed E-state index contributed by atoms with van der Waals surface area (Å²) >= 11 is 1.59. The van der Waals surface area contributed by atoms with Crippen LogP contribution in [0.3, 0.4) is 0 Å². The van der Waals surface area contributed by atoms with Crippen molar-refractivity contribution < 1.29 is 9.59 Å². The monoisotopic (exact) mass is 386 g/mol. The van der Waals surface area contributed by atoms with Crippen LogP contribution in [0.2, 0.25) is 0 Å². The first kappa shape index (κ1) is 19.4. The average Bonchev–Trinajstić information content (AvgIpc) is 2.74. The van der Waals surface area contributed by atoms with Crippen molar-refractivity contribution in [1.29, 1.82) is 5.26 Å². The first-order valence-electron chi connectivity index (χ1n) is 8.71. The minimum atomic E-state index is -0.483. The van der Waals surface area contributed by atoms with Crippen molar-refractivity contribution in [3.63, 3.8) is 0 Å². The summed E-state index contributed by atoms with van der Waals surface area (Å²) in [7, 11) is 0. The predicted molar refractivity (Wildman–Crippen MR) is 110 cm³/mol. The number of hydrogen-bond acceptors (Lipinski definition) is 4. The molecule has 1 atom stereocenters. The summed E-state index contributed by atoms with van der Waals surface area (Å²) in [6, 6.07) is 25.7. The van der Waals surface area contributed by atoms with Gasteiger partial charge in [0.1, 0.15) is 0 Å². The van der Waals surface area contributed by atoms with E-state index in [2.05, 4.69) is 6.07 Å². The molecule has 0 heterocycles. The fraction of sp³-hybridized carbons (Fsp3) is 0.0870. The van der Waals surface area contributed by atoms with Gasteiger partial charge in [0, 0.05) is 27.7 Å². The number of rotatable bonds is 7. The van der Waals surface area contributed by atoms with Crippen molar-refractivity contribution in [2.24, 2.45) is 5.73 Å². The van der Waals surface area contributed by atoms with Gasteiger partial charge in [0.05, 0.1) is 11.6 Å². The highest BCUT2D eigenvalue weighted by atomic mass is 32.2. The molecule has 3 aromatic rings. The van der Waals surface area contributed by atoms with Crippen LogP contribution < -0.4 is 5.73 Å². The standard InChI is InChI=1S/C23H18N2O2S/c24-15-16-5-4-6-19(13-16)21(26)14-22(28-20-7-2-1-3-8-20)17-9-11-18(12-10-17)23(25)27/h1-13,22H,14H2,(H2,25,27). The Balaban J connectivity index is 1.88. The Kier molecular flexibility index (Phi) is 6.25. The van der Waals surface area contributed by atoms with Gasteiger partial charge in [-0.05, 0) is 42.0 Å². The lowest BCUT2D eigenvalue weighted by molar-refractivity contribution is 0.0978. The summed E-state index contributed by atoms with van der Waals surface area (Å²) in [5, 5.41) is 8.93. The van der Waals surface area contributed by atoms with E-state index in [4.69, 9.17) is 11.0 Å². The van der Waals surface area contributed by atoms with Gasteiger partial charge in [0.15, 0.2) is 5.78 Å². The summed E-state index contributed by atoms with van der Waals surface area (Å²) in [4.78, 5) is 25.2. The number of carbonyl (C=O) groups is 2. The van der Waals surface area contributed by atoms with Crippen molar-refractivity contribution in [2.45, 2.75) is 16.6 Å². The van der Waals surface area contributed by atoms with Gasteiger partial charge in [0.2, 0.25) is 5.91 Å². The molecule has 0 aromatic heterocycles. The number of nitrogens with two attached hydrogens (primary N) is 1. The number of benzene rings is 3. The Hall–Kier alpha value is -3.36. The zero-order valence-electron chi connectivity index (χ0n) is 15.0. The maximum absolute atomic E-state index is 12.9. The van der Waals surface area contributed by atoms with Gasteiger partial charge in [-0.25, -0.2) is 0 Å². The molecule has 138 valence electrons. The first-order valence-corrected chi connectivity index (χ1v) is 9.59. The van der Waals surface area contributed by atoms with Gasteiger partial charge in [-0.3, -0.25) is 9.59 Å². The van der Waals surface area contributed by atoms with Crippen molar-refractivity contribution in [3.05, 3.63) is 101 Å². The molecule has 0 bridgehead atoms. The SMILES string of the molecule is N#Cc1cccc(C(=O)CC(Sc2ccccc2)c2ccc(C(N)=O)cc2)c1. The highest BCUT2D eigenvalue weighted by Gasteiger charge is 2.19. The molecule has 4 nitrogen and oxygen atoms in total. The molecule has 3 aromatic carbocycles. The minimum Gasteiger partial charge on any atom is -0.366 e. The summed E-state index contributed by atoms with van der Waals surface area (Å²) in [5.41, 5.74) is 7.67. The van der Waals surface area contributed by atoms with E-state index in [1.54, 1.807) is 48.2 Å². The summed E-state index contributed by atoms with van der Waals surface area (Å²) in [5.74, 6) is -0.521. The van der Waals surface area contributed by atoms with Crippen molar-refractivity contribution in [1.82, 2.24) is 0 Å². The normalized spacial score (nSPS) is 11.4. The Labute approximate surface area is 168 Å². The van der Waals surface area contributed by atoms with E-state index in [1.807, 2.05) is 42.5 Å². The molecule has 1 amide bonds. The van der Waals surface area contributed by atoms with E-state index >= 15 is 0 Å². The van der Waals surface area contributed by atoms with E-state index < -0.39 is 5.91 Å². The van der Waals surface area contributed by atoms with Crippen molar-refractivity contribution in [3.8, 4) is 6.07 Å². The Morgan fingerprint density at radius 1 is 0.929 bits per heavy atom. The molecule has 0 saturated carbocycles. The van der Waals surface area contributed by atoms with Gasteiger partial charge in [-0.1, -0.05) is 42.5 Å². The number of amides is 1. The Bertz CT molecular complexity index is 1020. The molecule has 1 unspecified atom stereocenters. The first-order chi connectivity index (χ1) is 13.6. The zero-order valence-corrected chi connectivity index (χ0v) is 15.9. The Morgan fingerprint density at radius 3 is 2.29 bits per heavy atom. The highest BCUT2D eigenvalue weighted by Crippen LogP contribution is 2.38. The number of Topliss-reactive ketones (excluding diaryl/α,β-unsaturated/α-hetero) is 1. The molecule has 3 rings (SSSR count). The second kappa shape index (κ2) is 9.03. The second-order valence-electron chi connectivity index (χ2n) is 6.23. The van der Waals surface area contributed by atoms with Crippen molar-refractivity contribution >= 4 is 23.5 Å². The zero-order chi connectivity index (χ0) is 19.9. The number of nitriles is 1. The lowest BCUT2D eigenvalue weighted by Crippen LogP contribution is -2.11. The summed E-state index contributed by atoms with van der Waals surface area (Å²) in [6.45, 7) is 0. The minimum absolute atomic E-state index is 0.0375. The topological polar surface area (TPSA) is 83.9 Å². The van der Waals surface area contributed by atoms with E-state index in [0.717, 1.165) is 10.5 Å². The second-order valence-corrected chi connectivity index (χ2v) is 7.50. The molecule has 0 fully saturated rings. The van der Waals surface area contributed by atoms with Gasteiger partial charge in [0.25, 0.3) is 0 Å². The van der Waals surface area contributed by atoms with Crippen LogP contribution in [0.5, 0.6) is 0 Å². The highest BCUT2D eigenvalue weighted by molar-refractivity contribution is 7.99. The molecule has 2 N–H and O–H groups in total. The number of nitrogens with zero attached hydrogens (tertiary/aromatic N) is 1. The predicted octanol–water partition coefficient (Wildman–Crippen LogP) is 4.76. The van der Waals surface area contributed by atoms with Crippen LogP contribution in [0.25, 0.3) is 0 Å². The fourth-order valence-electron chi connectivity index (χ4n) is 2.80. The van der Waals surface area contributed by atoms with Crippen LogP contribution in [0, 0.1) is 11.3 Å².